The fourth-order valence-corrected chi connectivity index (χ4v) is 2.31. The number of aryl methyl sites for hydroxylation is 1. The highest BCUT2D eigenvalue weighted by atomic mass is 16.1. The number of hydrogen-bond donors (Lipinski definition) is 2. The Morgan fingerprint density at radius 3 is 2.65 bits per heavy atom. The predicted octanol–water partition coefficient (Wildman–Crippen LogP) is 1.54. The van der Waals surface area contributed by atoms with Gasteiger partial charge in [-0.25, -0.2) is 0 Å². The third-order valence-corrected chi connectivity index (χ3v) is 3.72. The van der Waals surface area contributed by atoms with Crippen molar-refractivity contribution in [1.82, 2.24) is 5.32 Å². The van der Waals surface area contributed by atoms with Crippen molar-refractivity contribution >= 4 is 5.91 Å². The molecule has 1 aromatic carbocycles. The van der Waals surface area contributed by atoms with Gasteiger partial charge in [-0.2, -0.15) is 0 Å². The van der Waals surface area contributed by atoms with Crippen LogP contribution in [0.15, 0.2) is 24.3 Å². The van der Waals surface area contributed by atoms with Crippen LogP contribution >= 0.6 is 0 Å². The van der Waals surface area contributed by atoms with E-state index in [0.717, 1.165) is 24.0 Å². The summed E-state index contributed by atoms with van der Waals surface area (Å²) in [6.07, 6.45) is 3.66. The van der Waals surface area contributed by atoms with Crippen LogP contribution in [0.3, 0.4) is 0 Å². The Morgan fingerprint density at radius 2 is 2.12 bits per heavy atom. The number of rotatable bonds is 4. The molecule has 0 spiro atoms. The minimum atomic E-state index is -0.111. The maximum absolute atomic E-state index is 12.0. The number of carbonyl (C=O) groups excluding carboxylic acids is 1. The zero-order chi connectivity index (χ0) is 12.3. The van der Waals surface area contributed by atoms with Gasteiger partial charge in [0, 0.05) is 6.54 Å². The molecule has 0 heterocycles. The van der Waals surface area contributed by atoms with Gasteiger partial charge >= 0.3 is 0 Å². The molecule has 0 bridgehead atoms. The lowest BCUT2D eigenvalue weighted by atomic mass is 9.76. The van der Waals surface area contributed by atoms with Crippen molar-refractivity contribution < 1.29 is 4.79 Å². The molecule has 3 heteroatoms. The highest BCUT2D eigenvalue weighted by Crippen LogP contribution is 2.30. The van der Waals surface area contributed by atoms with Crippen LogP contribution in [-0.4, -0.2) is 18.0 Å². The highest BCUT2D eigenvalue weighted by Gasteiger charge is 2.36. The van der Waals surface area contributed by atoms with E-state index in [1.54, 1.807) is 0 Å². The van der Waals surface area contributed by atoms with Crippen LogP contribution in [-0.2, 0) is 11.2 Å². The first-order valence-electron chi connectivity index (χ1n) is 6.21. The van der Waals surface area contributed by atoms with E-state index in [9.17, 15) is 4.79 Å². The molecular formula is C14H20N2O. The molecule has 0 aliphatic heterocycles. The molecule has 0 saturated heterocycles. The molecule has 1 aliphatic carbocycles. The monoisotopic (exact) mass is 232 g/mol. The van der Waals surface area contributed by atoms with Crippen molar-refractivity contribution in [1.29, 1.82) is 0 Å². The Hall–Kier alpha value is -1.35. The molecule has 1 aromatic rings. The lowest BCUT2D eigenvalue weighted by Crippen LogP contribution is -2.58. The van der Waals surface area contributed by atoms with Gasteiger partial charge in [-0.05, 0) is 37.3 Å². The van der Waals surface area contributed by atoms with Crippen LogP contribution in [0.1, 0.15) is 30.4 Å². The van der Waals surface area contributed by atoms with Gasteiger partial charge in [0.05, 0.1) is 12.0 Å². The smallest absolute Gasteiger partial charge is 0.224 e. The maximum atomic E-state index is 12.0. The Balaban J connectivity index is 1.96. The van der Waals surface area contributed by atoms with Gasteiger partial charge in [0.2, 0.25) is 5.91 Å². The van der Waals surface area contributed by atoms with Crippen molar-refractivity contribution in [3.8, 4) is 0 Å². The molecule has 1 aliphatic rings. The summed E-state index contributed by atoms with van der Waals surface area (Å²) < 4.78 is 0. The molecule has 3 nitrogen and oxygen atoms in total. The van der Waals surface area contributed by atoms with Crippen LogP contribution in [0.25, 0.3) is 0 Å². The summed E-state index contributed by atoms with van der Waals surface area (Å²) in [6.45, 7) is 2.58. The molecule has 0 unspecified atom stereocenters. The third kappa shape index (κ3) is 2.67. The third-order valence-electron chi connectivity index (χ3n) is 3.72. The molecule has 3 N–H and O–H groups in total. The summed E-state index contributed by atoms with van der Waals surface area (Å²) in [4.78, 5) is 12.0. The summed E-state index contributed by atoms with van der Waals surface area (Å²) in [5.74, 6) is 0.0875. The van der Waals surface area contributed by atoms with Crippen LogP contribution in [0.2, 0.25) is 0 Å². The van der Waals surface area contributed by atoms with Gasteiger partial charge in [0.25, 0.3) is 0 Å². The van der Waals surface area contributed by atoms with Crippen LogP contribution in [0.5, 0.6) is 0 Å². The van der Waals surface area contributed by atoms with E-state index in [0.29, 0.717) is 13.0 Å². The van der Waals surface area contributed by atoms with E-state index in [2.05, 4.69) is 5.32 Å². The van der Waals surface area contributed by atoms with E-state index in [4.69, 9.17) is 5.73 Å². The standard InChI is InChI=1S/C14H20N2O/c1-11-5-2-3-6-12(11)9-13(17)16-14(10-15)7-4-8-14/h2-3,5-6H,4,7-10,15H2,1H3,(H,16,17). The van der Waals surface area contributed by atoms with Gasteiger partial charge in [0.1, 0.15) is 0 Å². The lowest BCUT2D eigenvalue weighted by molar-refractivity contribution is -0.123. The fourth-order valence-electron chi connectivity index (χ4n) is 2.31. The number of benzene rings is 1. The van der Waals surface area contributed by atoms with Gasteiger partial charge in [0.15, 0.2) is 0 Å². The van der Waals surface area contributed by atoms with E-state index in [-0.39, 0.29) is 11.4 Å². The second-order valence-corrected chi connectivity index (χ2v) is 4.99. The summed E-state index contributed by atoms with van der Waals surface area (Å²) in [5, 5.41) is 3.09. The molecule has 2 rings (SSSR count). The van der Waals surface area contributed by atoms with Crippen LogP contribution < -0.4 is 11.1 Å². The fraction of sp³-hybridized carbons (Fsp3) is 0.500. The summed E-state index contributed by atoms with van der Waals surface area (Å²) >= 11 is 0. The van der Waals surface area contributed by atoms with Gasteiger partial charge < -0.3 is 11.1 Å². The van der Waals surface area contributed by atoms with Crippen molar-refractivity contribution in [3.63, 3.8) is 0 Å². The number of hydrogen-bond acceptors (Lipinski definition) is 2. The number of carbonyl (C=O) groups is 1. The number of nitrogens with two attached hydrogens (primary N) is 1. The molecule has 1 saturated carbocycles. The minimum absolute atomic E-state index is 0.0875. The summed E-state index contributed by atoms with van der Waals surface area (Å²) in [5.41, 5.74) is 7.87. The Morgan fingerprint density at radius 1 is 1.41 bits per heavy atom. The summed E-state index contributed by atoms with van der Waals surface area (Å²) in [7, 11) is 0. The first-order chi connectivity index (χ1) is 8.15. The van der Waals surface area contributed by atoms with Crippen LogP contribution in [0.4, 0.5) is 0 Å². The SMILES string of the molecule is Cc1ccccc1CC(=O)NC1(CN)CCC1. The van der Waals surface area contributed by atoms with Crippen LogP contribution in [0, 0.1) is 6.92 Å². The van der Waals surface area contributed by atoms with E-state index in [1.165, 1.54) is 6.42 Å². The van der Waals surface area contributed by atoms with Gasteiger partial charge in [-0.15, -0.1) is 0 Å². The van der Waals surface area contributed by atoms with Gasteiger partial charge in [-0.3, -0.25) is 4.79 Å². The molecule has 0 atom stereocenters. The first kappa shape index (κ1) is 12.1. The normalized spacial score (nSPS) is 17.3. The topological polar surface area (TPSA) is 55.1 Å². The Kier molecular flexibility index (Phi) is 3.48. The zero-order valence-electron chi connectivity index (χ0n) is 10.3. The zero-order valence-corrected chi connectivity index (χ0v) is 10.3. The molecule has 0 aromatic heterocycles. The van der Waals surface area contributed by atoms with E-state index in [1.807, 2.05) is 31.2 Å². The largest absolute Gasteiger partial charge is 0.349 e. The molecule has 0 radical (unpaired) electrons. The molecule has 17 heavy (non-hydrogen) atoms. The van der Waals surface area contributed by atoms with E-state index >= 15 is 0 Å². The average Bonchev–Trinajstić information content (AvgIpc) is 2.27. The van der Waals surface area contributed by atoms with Crippen molar-refractivity contribution in [3.05, 3.63) is 35.4 Å². The second-order valence-electron chi connectivity index (χ2n) is 4.99. The maximum Gasteiger partial charge on any atom is 0.224 e. The average molecular weight is 232 g/mol. The van der Waals surface area contributed by atoms with E-state index < -0.39 is 0 Å². The second kappa shape index (κ2) is 4.88. The molecular weight excluding hydrogens is 212 g/mol. The predicted molar refractivity (Wildman–Crippen MR) is 68.7 cm³/mol. The molecule has 1 amide bonds. The first-order valence-corrected chi connectivity index (χ1v) is 6.21. The molecule has 92 valence electrons. The van der Waals surface area contributed by atoms with Crippen molar-refractivity contribution in [2.75, 3.05) is 6.54 Å². The Bertz CT molecular complexity index is 405. The van der Waals surface area contributed by atoms with Gasteiger partial charge in [-0.1, -0.05) is 24.3 Å². The quantitative estimate of drug-likeness (QED) is 0.827. The Labute approximate surface area is 102 Å². The minimum Gasteiger partial charge on any atom is -0.349 e. The number of amides is 1. The summed E-state index contributed by atoms with van der Waals surface area (Å²) in [6, 6.07) is 8.00. The molecule has 1 fully saturated rings. The van der Waals surface area contributed by atoms with Crippen molar-refractivity contribution in [2.45, 2.75) is 38.1 Å². The lowest BCUT2D eigenvalue weighted by Gasteiger charge is -2.41. The van der Waals surface area contributed by atoms with Crippen molar-refractivity contribution in [2.24, 2.45) is 5.73 Å². The number of nitrogens with one attached hydrogen (secondary N) is 1. The highest BCUT2D eigenvalue weighted by molar-refractivity contribution is 5.79.